The first-order valence-electron chi connectivity index (χ1n) is 5.18. The van der Waals surface area contributed by atoms with Gasteiger partial charge in [-0.25, -0.2) is 4.98 Å². The molecule has 2 N–H and O–H groups in total. The Kier molecular flexibility index (Phi) is 3.47. The minimum Gasteiger partial charge on any atom is -0.480 e. The molecule has 1 atom stereocenters. The van der Waals surface area contributed by atoms with Gasteiger partial charge in [0.1, 0.15) is 5.69 Å². The third-order valence-electron chi connectivity index (χ3n) is 2.55. The first kappa shape index (κ1) is 10.3. The molecule has 5 heteroatoms. The number of hydrogen-bond acceptors (Lipinski definition) is 5. The second-order valence-electron chi connectivity index (χ2n) is 3.58. The number of ether oxygens (including phenoxy) is 1. The Morgan fingerprint density at radius 1 is 1.53 bits per heavy atom. The van der Waals surface area contributed by atoms with Gasteiger partial charge in [-0.2, -0.15) is 0 Å². The third-order valence-corrected chi connectivity index (χ3v) is 2.55. The number of rotatable bonds is 4. The monoisotopic (exact) mass is 208 g/mol. The van der Waals surface area contributed by atoms with Crippen LogP contribution in [0.2, 0.25) is 0 Å². The smallest absolute Gasteiger partial charge is 0.236 e. The van der Waals surface area contributed by atoms with Crippen molar-refractivity contribution in [2.75, 3.05) is 20.2 Å². The van der Waals surface area contributed by atoms with Crippen molar-refractivity contribution in [2.24, 2.45) is 0 Å². The standard InChI is InChI=1S/C10H16N4O/c1-15-10-9(12-4-5-13-10)7-14-8-2-3-11-6-8/h4-5,8,11,14H,2-3,6-7H2,1H3/t8-/m1/s1. The summed E-state index contributed by atoms with van der Waals surface area (Å²) in [7, 11) is 1.62. The molecule has 1 aromatic heterocycles. The van der Waals surface area contributed by atoms with E-state index in [0.717, 1.165) is 18.8 Å². The average Bonchev–Trinajstić information content (AvgIpc) is 2.79. The van der Waals surface area contributed by atoms with Crippen molar-refractivity contribution in [3.63, 3.8) is 0 Å². The SMILES string of the molecule is COc1nccnc1CN[C@@H]1CCNC1. The highest BCUT2D eigenvalue weighted by atomic mass is 16.5. The van der Waals surface area contributed by atoms with Gasteiger partial charge >= 0.3 is 0 Å². The molecule has 1 fully saturated rings. The molecule has 1 aliphatic heterocycles. The highest BCUT2D eigenvalue weighted by molar-refractivity contribution is 5.16. The van der Waals surface area contributed by atoms with E-state index >= 15 is 0 Å². The Morgan fingerprint density at radius 2 is 2.40 bits per heavy atom. The molecule has 1 saturated heterocycles. The van der Waals surface area contributed by atoms with Gasteiger partial charge in [0.25, 0.3) is 0 Å². The zero-order chi connectivity index (χ0) is 10.5. The summed E-state index contributed by atoms with van der Waals surface area (Å²) < 4.78 is 5.13. The van der Waals surface area contributed by atoms with Crippen LogP contribution in [0.25, 0.3) is 0 Å². The van der Waals surface area contributed by atoms with Gasteiger partial charge in [0.15, 0.2) is 0 Å². The molecule has 1 aliphatic rings. The fourth-order valence-electron chi connectivity index (χ4n) is 1.72. The van der Waals surface area contributed by atoms with E-state index in [1.54, 1.807) is 19.5 Å². The van der Waals surface area contributed by atoms with Gasteiger partial charge < -0.3 is 15.4 Å². The molecular weight excluding hydrogens is 192 g/mol. The number of nitrogens with zero attached hydrogens (tertiary/aromatic N) is 2. The highest BCUT2D eigenvalue weighted by Crippen LogP contribution is 2.10. The van der Waals surface area contributed by atoms with Crippen LogP contribution in [-0.2, 0) is 6.54 Å². The van der Waals surface area contributed by atoms with Crippen LogP contribution in [0.5, 0.6) is 5.88 Å². The van der Waals surface area contributed by atoms with E-state index in [2.05, 4.69) is 20.6 Å². The summed E-state index contributed by atoms with van der Waals surface area (Å²) in [6, 6.07) is 0.539. The quantitative estimate of drug-likeness (QED) is 0.725. The Bertz CT molecular complexity index is 312. The van der Waals surface area contributed by atoms with Crippen molar-refractivity contribution in [1.29, 1.82) is 0 Å². The van der Waals surface area contributed by atoms with Gasteiger partial charge in [-0.15, -0.1) is 0 Å². The van der Waals surface area contributed by atoms with Gasteiger partial charge in [-0.3, -0.25) is 4.98 Å². The van der Waals surface area contributed by atoms with E-state index in [1.807, 2.05) is 0 Å². The molecule has 0 radical (unpaired) electrons. The number of nitrogens with one attached hydrogen (secondary N) is 2. The van der Waals surface area contributed by atoms with Crippen molar-refractivity contribution in [2.45, 2.75) is 19.0 Å². The molecule has 2 heterocycles. The summed E-state index contributed by atoms with van der Waals surface area (Å²) in [6.45, 7) is 2.83. The molecule has 0 aliphatic carbocycles. The van der Waals surface area contributed by atoms with Crippen molar-refractivity contribution in [3.05, 3.63) is 18.1 Å². The highest BCUT2D eigenvalue weighted by Gasteiger charge is 2.14. The van der Waals surface area contributed by atoms with Crippen molar-refractivity contribution in [3.8, 4) is 5.88 Å². The van der Waals surface area contributed by atoms with Crippen LogP contribution in [-0.4, -0.2) is 36.2 Å². The summed E-state index contributed by atoms with van der Waals surface area (Å²) in [6.07, 6.45) is 4.49. The van der Waals surface area contributed by atoms with Gasteiger partial charge in [-0.1, -0.05) is 0 Å². The van der Waals surface area contributed by atoms with E-state index in [4.69, 9.17) is 4.74 Å². The molecule has 15 heavy (non-hydrogen) atoms. The molecule has 5 nitrogen and oxygen atoms in total. The fourth-order valence-corrected chi connectivity index (χ4v) is 1.72. The van der Waals surface area contributed by atoms with Gasteiger partial charge in [0.2, 0.25) is 5.88 Å². The van der Waals surface area contributed by atoms with Crippen molar-refractivity contribution in [1.82, 2.24) is 20.6 Å². The zero-order valence-corrected chi connectivity index (χ0v) is 8.86. The summed E-state index contributed by atoms with van der Waals surface area (Å²) in [4.78, 5) is 8.34. The molecule has 0 saturated carbocycles. The summed E-state index contributed by atoms with van der Waals surface area (Å²) in [5.74, 6) is 0.607. The molecule has 0 amide bonds. The zero-order valence-electron chi connectivity index (χ0n) is 8.86. The minimum absolute atomic E-state index is 0.539. The van der Waals surface area contributed by atoms with E-state index in [-0.39, 0.29) is 0 Å². The van der Waals surface area contributed by atoms with E-state index in [9.17, 15) is 0 Å². The maximum atomic E-state index is 5.13. The molecule has 0 spiro atoms. The lowest BCUT2D eigenvalue weighted by molar-refractivity contribution is 0.385. The van der Waals surface area contributed by atoms with Crippen LogP contribution < -0.4 is 15.4 Å². The van der Waals surface area contributed by atoms with Crippen LogP contribution >= 0.6 is 0 Å². The fraction of sp³-hybridized carbons (Fsp3) is 0.600. The predicted octanol–water partition coefficient (Wildman–Crippen LogP) is -0.0633. The Balaban J connectivity index is 1.91. The maximum absolute atomic E-state index is 5.13. The van der Waals surface area contributed by atoms with E-state index < -0.39 is 0 Å². The van der Waals surface area contributed by atoms with Crippen molar-refractivity contribution >= 4 is 0 Å². The third kappa shape index (κ3) is 2.64. The summed E-state index contributed by atoms with van der Waals surface area (Å²) in [5.41, 5.74) is 0.868. The second-order valence-corrected chi connectivity index (χ2v) is 3.58. The second kappa shape index (κ2) is 5.04. The van der Waals surface area contributed by atoms with Crippen LogP contribution in [0.1, 0.15) is 12.1 Å². The molecular formula is C10H16N4O. The van der Waals surface area contributed by atoms with Crippen molar-refractivity contribution < 1.29 is 4.74 Å². The molecule has 0 aromatic carbocycles. The molecule has 82 valence electrons. The first-order chi connectivity index (χ1) is 7.40. The van der Waals surface area contributed by atoms with Gasteiger partial charge in [0.05, 0.1) is 7.11 Å². The number of aromatic nitrogens is 2. The normalized spacial score (nSPS) is 20.5. The minimum atomic E-state index is 0.539. The number of methoxy groups -OCH3 is 1. The predicted molar refractivity (Wildman–Crippen MR) is 56.7 cm³/mol. The summed E-state index contributed by atoms with van der Waals surface area (Å²) >= 11 is 0. The molecule has 2 rings (SSSR count). The topological polar surface area (TPSA) is 59.1 Å². The van der Waals surface area contributed by atoms with Crippen LogP contribution in [0.3, 0.4) is 0 Å². The van der Waals surface area contributed by atoms with Gasteiger partial charge in [-0.05, 0) is 13.0 Å². The van der Waals surface area contributed by atoms with Crippen LogP contribution in [0.15, 0.2) is 12.4 Å². The Labute approximate surface area is 89.3 Å². The van der Waals surface area contributed by atoms with E-state index in [0.29, 0.717) is 18.5 Å². The molecule has 1 aromatic rings. The maximum Gasteiger partial charge on any atom is 0.236 e. The Hall–Kier alpha value is -1.20. The first-order valence-corrected chi connectivity index (χ1v) is 5.18. The van der Waals surface area contributed by atoms with E-state index in [1.165, 1.54) is 6.42 Å². The molecule has 0 unspecified atom stereocenters. The summed E-state index contributed by atoms with van der Waals surface area (Å²) in [5, 5.41) is 6.74. The lowest BCUT2D eigenvalue weighted by atomic mass is 10.2. The Morgan fingerprint density at radius 3 is 3.13 bits per heavy atom. The largest absolute Gasteiger partial charge is 0.480 e. The lowest BCUT2D eigenvalue weighted by Crippen LogP contribution is -2.30. The molecule has 0 bridgehead atoms. The van der Waals surface area contributed by atoms with Gasteiger partial charge in [0, 0.05) is 31.5 Å². The lowest BCUT2D eigenvalue weighted by Gasteiger charge is -2.11. The average molecular weight is 208 g/mol. The van der Waals surface area contributed by atoms with Crippen LogP contribution in [0.4, 0.5) is 0 Å². The number of hydrogen-bond donors (Lipinski definition) is 2. The van der Waals surface area contributed by atoms with Crippen LogP contribution in [0, 0.1) is 0 Å².